The lowest BCUT2D eigenvalue weighted by Crippen LogP contribution is -2.05. The molecule has 1 aromatic heterocycles. The van der Waals surface area contributed by atoms with Gasteiger partial charge in [-0.05, 0) is 20.3 Å². The van der Waals surface area contributed by atoms with Gasteiger partial charge in [-0.1, -0.05) is 84.0 Å². The van der Waals surface area contributed by atoms with Crippen molar-refractivity contribution >= 4 is 0 Å². The van der Waals surface area contributed by atoms with Crippen molar-refractivity contribution in [2.45, 2.75) is 117 Å². The van der Waals surface area contributed by atoms with Gasteiger partial charge in [0.25, 0.3) is 0 Å². The van der Waals surface area contributed by atoms with Crippen LogP contribution in [0.4, 0.5) is 0 Å². The third kappa shape index (κ3) is 9.84. The molecule has 134 valence electrons. The zero-order chi connectivity index (χ0) is 16.8. The van der Waals surface area contributed by atoms with Gasteiger partial charge < -0.3 is 4.57 Å². The lowest BCUT2D eigenvalue weighted by Gasteiger charge is -2.11. The Labute approximate surface area is 145 Å². The highest BCUT2D eigenvalue weighted by Crippen LogP contribution is 2.14. The van der Waals surface area contributed by atoms with Gasteiger partial charge in [-0.15, -0.1) is 0 Å². The Bertz CT molecular complexity index is 368. The highest BCUT2D eigenvalue weighted by Gasteiger charge is 2.05. The number of hydrogen-bond acceptors (Lipinski definition) is 1. The van der Waals surface area contributed by atoms with Crippen LogP contribution in [-0.2, 0) is 6.42 Å². The highest BCUT2D eigenvalue weighted by atomic mass is 15.1. The lowest BCUT2D eigenvalue weighted by molar-refractivity contribution is 0.528. The van der Waals surface area contributed by atoms with Gasteiger partial charge in [-0.25, -0.2) is 4.98 Å². The second kappa shape index (κ2) is 13.6. The lowest BCUT2D eigenvalue weighted by atomic mass is 10.0. The number of aromatic nitrogens is 2. The van der Waals surface area contributed by atoms with E-state index in [1.165, 1.54) is 89.3 Å². The van der Waals surface area contributed by atoms with E-state index in [4.69, 9.17) is 0 Å². The van der Waals surface area contributed by atoms with Crippen LogP contribution >= 0.6 is 0 Å². The molecule has 0 aromatic carbocycles. The second-order valence-corrected chi connectivity index (χ2v) is 7.34. The molecule has 0 saturated heterocycles. The Morgan fingerprint density at radius 3 is 1.74 bits per heavy atom. The summed E-state index contributed by atoms with van der Waals surface area (Å²) in [7, 11) is 0. The molecular weight excluding hydrogens is 280 g/mol. The predicted molar refractivity (Wildman–Crippen MR) is 102 cm³/mol. The van der Waals surface area contributed by atoms with Crippen LogP contribution in [0.1, 0.15) is 116 Å². The summed E-state index contributed by atoms with van der Waals surface area (Å²) in [6.07, 6.45) is 23.6. The second-order valence-electron chi connectivity index (χ2n) is 7.34. The van der Waals surface area contributed by atoms with Crippen LogP contribution in [0.3, 0.4) is 0 Å². The van der Waals surface area contributed by atoms with E-state index in [1.807, 2.05) is 6.20 Å². The normalized spacial score (nSPS) is 11.5. The molecule has 0 fully saturated rings. The van der Waals surface area contributed by atoms with Crippen LogP contribution in [0, 0.1) is 0 Å². The van der Waals surface area contributed by atoms with E-state index in [9.17, 15) is 0 Å². The predicted octanol–water partition coefficient (Wildman–Crippen LogP) is 7.10. The van der Waals surface area contributed by atoms with E-state index >= 15 is 0 Å². The van der Waals surface area contributed by atoms with Crippen molar-refractivity contribution in [1.82, 2.24) is 9.55 Å². The molecule has 0 spiro atoms. The average Bonchev–Trinajstić information content (AvgIpc) is 3.00. The molecule has 0 aliphatic carbocycles. The van der Waals surface area contributed by atoms with E-state index in [0.717, 1.165) is 6.42 Å². The average molecular weight is 321 g/mol. The summed E-state index contributed by atoms with van der Waals surface area (Å²) in [5.41, 5.74) is 0. The highest BCUT2D eigenvalue weighted by molar-refractivity contribution is 4.94. The summed E-state index contributed by atoms with van der Waals surface area (Å²) >= 11 is 0. The first-order chi connectivity index (χ1) is 11.3. The molecule has 0 aliphatic heterocycles. The zero-order valence-electron chi connectivity index (χ0n) is 16.0. The first-order valence-corrected chi connectivity index (χ1v) is 10.3. The first-order valence-electron chi connectivity index (χ1n) is 10.3. The summed E-state index contributed by atoms with van der Waals surface area (Å²) in [5, 5.41) is 0. The fraction of sp³-hybridized carbons (Fsp3) is 0.857. The molecule has 0 radical (unpaired) electrons. The van der Waals surface area contributed by atoms with Crippen molar-refractivity contribution in [3.05, 3.63) is 18.2 Å². The third-order valence-corrected chi connectivity index (χ3v) is 4.81. The number of unbranched alkanes of at least 4 members (excludes halogenated alkanes) is 12. The monoisotopic (exact) mass is 320 g/mol. The third-order valence-electron chi connectivity index (χ3n) is 4.81. The molecule has 0 bridgehead atoms. The van der Waals surface area contributed by atoms with Crippen LogP contribution in [0.5, 0.6) is 0 Å². The smallest absolute Gasteiger partial charge is 0.108 e. The molecule has 0 aliphatic rings. The van der Waals surface area contributed by atoms with E-state index in [-0.39, 0.29) is 0 Å². The summed E-state index contributed by atoms with van der Waals surface area (Å²) in [5.74, 6) is 1.27. The molecule has 2 nitrogen and oxygen atoms in total. The largest absolute Gasteiger partial charge is 0.332 e. The minimum absolute atomic E-state index is 0.537. The van der Waals surface area contributed by atoms with E-state index in [1.54, 1.807) is 0 Å². The van der Waals surface area contributed by atoms with Crippen molar-refractivity contribution in [2.75, 3.05) is 0 Å². The Kier molecular flexibility index (Phi) is 12.0. The molecule has 0 atom stereocenters. The molecule has 1 aromatic rings. The topological polar surface area (TPSA) is 17.8 Å². The molecular formula is C21H40N2. The van der Waals surface area contributed by atoms with Gasteiger partial charge in [0.2, 0.25) is 0 Å². The van der Waals surface area contributed by atoms with Crippen molar-refractivity contribution in [3.8, 4) is 0 Å². The minimum atomic E-state index is 0.537. The first kappa shape index (κ1) is 20.3. The van der Waals surface area contributed by atoms with Crippen LogP contribution in [0.15, 0.2) is 12.4 Å². The Balaban J connectivity index is 1.86. The van der Waals surface area contributed by atoms with E-state index in [2.05, 4.69) is 36.5 Å². The molecule has 1 heterocycles. The molecule has 1 rings (SSSR count). The van der Waals surface area contributed by atoms with Crippen molar-refractivity contribution in [3.63, 3.8) is 0 Å². The van der Waals surface area contributed by atoms with Gasteiger partial charge >= 0.3 is 0 Å². The summed E-state index contributed by atoms with van der Waals surface area (Å²) < 4.78 is 2.31. The number of hydrogen-bond donors (Lipinski definition) is 0. The van der Waals surface area contributed by atoms with Crippen molar-refractivity contribution in [1.29, 1.82) is 0 Å². The maximum Gasteiger partial charge on any atom is 0.108 e. The number of imidazole rings is 1. The molecule has 0 amide bonds. The van der Waals surface area contributed by atoms with Crippen molar-refractivity contribution in [2.24, 2.45) is 0 Å². The molecule has 0 saturated carbocycles. The van der Waals surface area contributed by atoms with Gasteiger partial charge in [0.05, 0.1) is 0 Å². The summed E-state index contributed by atoms with van der Waals surface area (Å²) in [6, 6.07) is 0.537. The van der Waals surface area contributed by atoms with Gasteiger partial charge in [0, 0.05) is 24.9 Å². The van der Waals surface area contributed by atoms with E-state index < -0.39 is 0 Å². The van der Waals surface area contributed by atoms with Gasteiger partial charge in [0.1, 0.15) is 5.82 Å². The number of nitrogens with zero attached hydrogens (tertiary/aromatic N) is 2. The Morgan fingerprint density at radius 2 is 1.26 bits per heavy atom. The van der Waals surface area contributed by atoms with E-state index in [0.29, 0.717) is 6.04 Å². The fourth-order valence-corrected chi connectivity index (χ4v) is 3.31. The quantitative estimate of drug-likeness (QED) is 0.315. The standard InChI is InChI=1S/C21H40N2/c1-4-5-6-7-8-9-10-11-12-13-14-15-16-17-21-22-18-19-23(21)20(2)3/h18-20H,4-17H2,1-3H3. The van der Waals surface area contributed by atoms with Gasteiger partial charge in [-0.3, -0.25) is 0 Å². The molecule has 23 heavy (non-hydrogen) atoms. The summed E-state index contributed by atoms with van der Waals surface area (Å²) in [4.78, 5) is 4.49. The number of rotatable bonds is 15. The minimum Gasteiger partial charge on any atom is -0.332 e. The molecule has 2 heteroatoms. The Morgan fingerprint density at radius 1 is 0.783 bits per heavy atom. The molecule has 0 unspecified atom stereocenters. The van der Waals surface area contributed by atoms with Crippen LogP contribution in [-0.4, -0.2) is 9.55 Å². The fourth-order valence-electron chi connectivity index (χ4n) is 3.31. The Hall–Kier alpha value is -0.790. The maximum absolute atomic E-state index is 4.49. The zero-order valence-corrected chi connectivity index (χ0v) is 16.0. The van der Waals surface area contributed by atoms with Gasteiger partial charge in [-0.2, -0.15) is 0 Å². The number of aryl methyl sites for hydroxylation is 1. The molecule has 0 N–H and O–H groups in total. The van der Waals surface area contributed by atoms with Gasteiger partial charge in [0.15, 0.2) is 0 Å². The van der Waals surface area contributed by atoms with Crippen LogP contribution in [0.25, 0.3) is 0 Å². The maximum atomic E-state index is 4.49. The van der Waals surface area contributed by atoms with Crippen molar-refractivity contribution < 1.29 is 0 Å². The SMILES string of the molecule is CCCCCCCCCCCCCCCc1nccn1C(C)C. The summed E-state index contributed by atoms with van der Waals surface area (Å²) in [6.45, 7) is 6.75. The van der Waals surface area contributed by atoms with Crippen LogP contribution in [0.2, 0.25) is 0 Å². The van der Waals surface area contributed by atoms with Crippen LogP contribution < -0.4 is 0 Å².